The highest BCUT2D eigenvalue weighted by Gasteiger charge is 2.56. The SMILES string of the molecule is C=C(C)C1CCC2C3CCC4=C/C(=C/CC)CCC4=C3C(c3ccc(N(C)C(C)C)cc3)CC12C. The van der Waals surface area contributed by atoms with Crippen LogP contribution in [0.2, 0.25) is 0 Å². The number of benzene rings is 1. The molecule has 0 aliphatic heterocycles. The molecule has 0 N–H and O–H groups in total. The summed E-state index contributed by atoms with van der Waals surface area (Å²) >= 11 is 0. The van der Waals surface area contributed by atoms with Gasteiger partial charge in [-0.1, -0.05) is 61.4 Å². The van der Waals surface area contributed by atoms with Gasteiger partial charge in [-0.05, 0) is 124 Å². The van der Waals surface area contributed by atoms with Crippen molar-refractivity contribution in [3.8, 4) is 0 Å². The molecule has 4 aliphatic carbocycles. The standard InChI is InChI=1S/C34H47N/c1-8-9-24-10-16-28-26(20-24)13-17-29-32-19-18-31(22(2)3)34(32,6)21-30(33(28)29)25-11-14-27(15-12-25)35(7)23(4)5/h9,11-12,14-15,20,23,29-32H,2,8,10,13,16-19,21H2,1,3-7H3/b24-9+. The highest BCUT2D eigenvalue weighted by Crippen LogP contribution is 2.66. The van der Waals surface area contributed by atoms with Crippen molar-refractivity contribution < 1.29 is 0 Å². The molecular formula is C34H47N. The van der Waals surface area contributed by atoms with Crippen LogP contribution in [0.1, 0.15) is 97.5 Å². The van der Waals surface area contributed by atoms with E-state index in [1.807, 2.05) is 5.57 Å². The summed E-state index contributed by atoms with van der Waals surface area (Å²) in [5.41, 5.74) is 11.5. The normalized spacial score (nSPS) is 33.3. The number of anilines is 1. The van der Waals surface area contributed by atoms with Gasteiger partial charge in [-0.15, -0.1) is 0 Å². The summed E-state index contributed by atoms with van der Waals surface area (Å²) in [5.74, 6) is 2.80. The van der Waals surface area contributed by atoms with Gasteiger partial charge < -0.3 is 4.90 Å². The van der Waals surface area contributed by atoms with Gasteiger partial charge in [0.1, 0.15) is 0 Å². The van der Waals surface area contributed by atoms with Crippen molar-refractivity contribution >= 4 is 5.69 Å². The van der Waals surface area contributed by atoms with Crippen molar-refractivity contribution in [2.75, 3.05) is 11.9 Å². The molecule has 0 saturated heterocycles. The molecule has 0 amide bonds. The van der Waals surface area contributed by atoms with Crippen molar-refractivity contribution in [2.45, 2.75) is 97.9 Å². The average Bonchev–Trinajstić information content (AvgIpc) is 3.20. The Balaban J connectivity index is 1.61. The Hall–Kier alpha value is -2.02. The molecule has 0 bridgehead atoms. The largest absolute Gasteiger partial charge is 0.372 e. The summed E-state index contributed by atoms with van der Waals surface area (Å²) in [4.78, 5) is 2.38. The van der Waals surface area contributed by atoms with Gasteiger partial charge in [0.25, 0.3) is 0 Å². The molecule has 2 saturated carbocycles. The summed E-state index contributed by atoms with van der Waals surface area (Å²) in [6.45, 7) is 16.2. The number of rotatable bonds is 5. The maximum atomic E-state index is 4.48. The highest BCUT2D eigenvalue weighted by atomic mass is 15.1. The van der Waals surface area contributed by atoms with Crippen LogP contribution in [-0.4, -0.2) is 13.1 Å². The van der Waals surface area contributed by atoms with Crippen LogP contribution in [0.5, 0.6) is 0 Å². The monoisotopic (exact) mass is 469 g/mol. The van der Waals surface area contributed by atoms with E-state index in [1.165, 1.54) is 56.2 Å². The van der Waals surface area contributed by atoms with Crippen molar-refractivity contribution in [3.05, 3.63) is 76.4 Å². The van der Waals surface area contributed by atoms with Gasteiger partial charge in [-0.25, -0.2) is 0 Å². The van der Waals surface area contributed by atoms with Crippen molar-refractivity contribution in [2.24, 2.45) is 23.2 Å². The molecule has 0 spiro atoms. The fourth-order valence-electron chi connectivity index (χ4n) is 8.48. The summed E-state index contributed by atoms with van der Waals surface area (Å²) < 4.78 is 0. The molecule has 1 nitrogen and oxygen atoms in total. The summed E-state index contributed by atoms with van der Waals surface area (Å²) in [5, 5.41) is 0. The Labute approximate surface area is 215 Å². The van der Waals surface area contributed by atoms with Crippen molar-refractivity contribution in [1.82, 2.24) is 0 Å². The molecule has 0 heterocycles. The molecule has 35 heavy (non-hydrogen) atoms. The van der Waals surface area contributed by atoms with Crippen molar-refractivity contribution in [3.63, 3.8) is 0 Å². The molecule has 4 aliphatic rings. The smallest absolute Gasteiger partial charge is 0.0366 e. The van der Waals surface area contributed by atoms with Crippen LogP contribution in [0.15, 0.2) is 70.9 Å². The van der Waals surface area contributed by atoms with Gasteiger partial charge in [-0.3, -0.25) is 0 Å². The minimum atomic E-state index is 0.377. The van der Waals surface area contributed by atoms with E-state index in [1.54, 1.807) is 22.3 Å². The lowest BCUT2D eigenvalue weighted by atomic mass is 9.51. The first kappa shape index (κ1) is 24.7. The molecule has 5 rings (SSSR count). The van der Waals surface area contributed by atoms with E-state index < -0.39 is 0 Å². The first-order valence-corrected chi connectivity index (χ1v) is 14.4. The van der Waals surface area contributed by atoms with Crippen LogP contribution in [-0.2, 0) is 0 Å². The Morgan fingerprint density at radius 3 is 2.51 bits per heavy atom. The molecular weight excluding hydrogens is 422 g/mol. The molecule has 0 aromatic heterocycles. The molecule has 188 valence electrons. The van der Waals surface area contributed by atoms with E-state index in [0.717, 1.165) is 18.3 Å². The fourth-order valence-corrected chi connectivity index (χ4v) is 8.48. The quantitative estimate of drug-likeness (QED) is 0.388. The Kier molecular flexibility index (Phi) is 6.66. The Bertz CT molecular complexity index is 1060. The molecule has 5 unspecified atom stereocenters. The third-order valence-electron chi connectivity index (χ3n) is 10.3. The average molecular weight is 470 g/mol. The van der Waals surface area contributed by atoms with E-state index in [9.17, 15) is 0 Å². The first-order chi connectivity index (χ1) is 16.7. The van der Waals surface area contributed by atoms with Crippen LogP contribution in [0.4, 0.5) is 5.69 Å². The van der Waals surface area contributed by atoms with Gasteiger partial charge in [0.15, 0.2) is 0 Å². The Morgan fingerprint density at radius 1 is 1.11 bits per heavy atom. The summed E-state index contributed by atoms with van der Waals surface area (Å²) in [6.07, 6.45) is 15.3. The zero-order valence-electron chi connectivity index (χ0n) is 23.2. The van der Waals surface area contributed by atoms with Gasteiger partial charge in [0.2, 0.25) is 0 Å². The third-order valence-corrected chi connectivity index (χ3v) is 10.3. The van der Waals surface area contributed by atoms with E-state index in [-0.39, 0.29) is 0 Å². The lowest BCUT2D eigenvalue weighted by Crippen LogP contribution is -2.43. The molecule has 1 aromatic rings. The van der Waals surface area contributed by atoms with E-state index in [0.29, 0.717) is 23.3 Å². The molecule has 1 aromatic carbocycles. The predicted molar refractivity (Wildman–Crippen MR) is 152 cm³/mol. The van der Waals surface area contributed by atoms with Crippen LogP contribution in [0, 0.1) is 23.2 Å². The van der Waals surface area contributed by atoms with Gasteiger partial charge in [-0.2, -0.15) is 0 Å². The number of fused-ring (bicyclic) bond motifs is 4. The maximum Gasteiger partial charge on any atom is 0.0366 e. The molecule has 0 radical (unpaired) electrons. The van der Waals surface area contributed by atoms with Crippen molar-refractivity contribution in [1.29, 1.82) is 0 Å². The van der Waals surface area contributed by atoms with Gasteiger partial charge in [0.05, 0.1) is 0 Å². The van der Waals surface area contributed by atoms with E-state index >= 15 is 0 Å². The number of allylic oxidation sites excluding steroid dienone is 7. The minimum absolute atomic E-state index is 0.377. The topological polar surface area (TPSA) is 3.24 Å². The molecule has 5 atom stereocenters. The molecule has 2 fully saturated rings. The van der Waals surface area contributed by atoms with Crippen LogP contribution in [0.3, 0.4) is 0 Å². The second kappa shape index (κ2) is 9.45. The van der Waals surface area contributed by atoms with E-state index in [4.69, 9.17) is 0 Å². The maximum absolute atomic E-state index is 4.48. The first-order valence-electron chi connectivity index (χ1n) is 14.4. The summed E-state index contributed by atoms with van der Waals surface area (Å²) in [6, 6.07) is 10.2. The van der Waals surface area contributed by atoms with Gasteiger partial charge >= 0.3 is 0 Å². The third kappa shape index (κ3) is 4.17. The minimum Gasteiger partial charge on any atom is -0.372 e. The number of hydrogen-bond donors (Lipinski definition) is 0. The lowest BCUT2D eigenvalue weighted by molar-refractivity contribution is 0.0776. The second-order valence-electron chi connectivity index (χ2n) is 12.6. The molecule has 1 heteroatoms. The lowest BCUT2D eigenvalue weighted by Gasteiger charge is -2.53. The number of nitrogens with zero attached hydrogens (tertiary/aromatic N) is 1. The zero-order chi connectivity index (χ0) is 24.9. The van der Waals surface area contributed by atoms with Crippen LogP contribution < -0.4 is 4.90 Å². The van der Waals surface area contributed by atoms with Crippen LogP contribution >= 0.6 is 0 Å². The number of hydrogen-bond acceptors (Lipinski definition) is 1. The predicted octanol–water partition coefficient (Wildman–Crippen LogP) is 9.39. The second-order valence-corrected chi connectivity index (χ2v) is 12.6. The highest BCUT2D eigenvalue weighted by molar-refractivity contribution is 5.54. The fraction of sp³-hybridized carbons (Fsp3) is 0.588. The van der Waals surface area contributed by atoms with E-state index in [2.05, 4.69) is 89.6 Å². The van der Waals surface area contributed by atoms with Crippen LogP contribution in [0.25, 0.3) is 0 Å². The Morgan fingerprint density at radius 2 is 1.86 bits per heavy atom. The summed E-state index contributed by atoms with van der Waals surface area (Å²) in [7, 11) is 2.21. The van der Waals surface area contributed by atoms with Gasteiger partial charge in [0, 0.05) is 24.7 Å². The zero-order valence-corrected chi connectivity index (χ0v) is 23.2.